The van der Waals surface area contributed by atoms with E-state index in [2.05, 4.69) is 25.8 Å². The van der Waals surface area contributed by atoms with E-state index < -0.39 is 0 Å². The molecule has 8 heteroatoms. The van der Waals surface area contributed by atoms with Crippen LogP contribution >= 0.6 is 0 Å². The van der Waals surface area contributed by atoms with Crippen molar-refractivity contribution in [2.45, 2.75) is 18.8 Å². The molecule has 2 aromatic carbocycles. The van der Waals surface area contributed by atoms with E-state index in [9.17, 15) is 9.59 Å². The summed E-state index contributed by atoms with van der Waals surface area (Å²) < 4.78 is 5.37. The zero-order valence-corrected chi connectivity index (χ0v) is 14.9. The van der Waals surface area contributed by atoms with E-state index in [1.165, 1.54) is 0 Å². The van der Waals surface area contributed by atoms with Gasteiger partial charge in [0.05, 0.1) is 5.69 Å². The smallest absolute Gasteiger partial charge is 0.262 e. The highest BCUT2D eigenvalue weighted by Crippen LogP contribution is 2.38. The Hall–Kier alpha value is -3.68. The van der Waals surface area contributed by atoms with Crippen molar-refractivity contribution in [3.05, 3.63) is 53.9 Å². The number of hydrogen-bond donors (Lipinski definition) is 3. The predicted molar refractivity (Wildman–Crippen MR) is 102 cm³/mol. The molecule has 0 radical (unpaired) electrons. The van der Waals surface area contributed by atoms with Crippen LogP contribution in [-0.2, 0) is 4.79 Å². The minimum atomic E-state index is -0.269. The molecule has 140 valence electrons. The quantitative estimate of drug-likeness (QED) is 0.650. The Bertz CT molecular complexity index is 1090. The highest BCUT2D eigenvalue weighted by atomic mass is 16.5. The first-order valence-electron chi connectivity index (χ1n) is 9.06. The molecule has 0 bridgehead atoms. The SMILES string of the molecule is O=C1COc2cc(C(=O)Nc3cccc(-c4n[nH]c(C5CC5)n4)c3)ccc2N1. The highest BCUT2D eigenvalue weighted by Gasteiger charge is 2.27. The fraction of sp³-hybridized carbons (Fsp3) is 0.200. The average molecular weight is 375 g/mol. The van der Waals surface area contributed by atoms with Crippen molar-refractivity contribution < 1.29 is 14.3 Å². The lowest BCUT2D eigenvalue weighted by Gasteiger charge is -2.18. The van der Waals surface area contributed by atoms with Crippen LogP contribution in [0.4, 0.5) is 11.4 Å². The van der Waals surface area contributed by atoms with Gasteiger partial charge in [-0.2, -0.15) is 5.10 Å². The average Bonchev–Trinajstić information content (AvgIpc) is 3.44. The molecule has 2 aliphatic rings. The summed E-state index contributed by atoms with van der Waals surface area (Å²) in [5, 5.41) is 12.9. The minimum Gasteiger partial charge on any atom is -0.482 e. The normalized spacial score (nSPS) is 15.4. The largest absolute Gasteiger partial charge is 0.482 e. The van der Waals surface area contributed by atoms with Crippen LogP contribution in [0, 0.1) is 0 Å². The maximum atomic E-state index is 12.6. The van der Waals surface area contributed by atoms with Crippen LogP contribution < -0.4 is 15.4 Å². The molecule has 28 heavy (non-hydrogen) atoms. The van der Waals surface area contributed by atoms with Crippen LogP contribution in [0.1, 0.15) is 34.9 Å². The van der Waals surface area contributed by atoms with E-state index in [1.54, 1.807) is 18.2 Å². The molecule has 1 aliphatic carbocycles. The van der Waals surface area contributed by atoms with E-state index in [1.807, 2.05) is 24.3 Å². The summed E-state index contributed by atoms with van der Waals surface area (Å²) in [4.78, 5) is 28.5. The molecule has 2 heterocycles. The summed E-state index contributed by atoms with van der Waals surface area (Å²) in [5.74, 6) is 2.04. The minimum absolute atomic E-state index is 0.0559. The second kappa shape index (κ2) is 6.49. The number of nitrogens with one attached hydrogen (secondary N) is 3. The molecule has 2 amide bonds. The van der Waals surface area contributed by atoms with Crippen LogP contribution in [0.5, 0.6) is 5.75 Å². The Morgan fingerprint density at radius 1 is 1.18 bits per heavy atom. The van der Waals surface area contributed by atoms with Gasteiger partial charge < -0.3 is 15.4 Å². The fourth-order valence-electron chi connectivity index (χ4n) is 3.10. The van der Waals surface area contributed by atoms with Crippen molar-refractivity contribution in [2.24, 2.45) is 0 Å². The summed E-state index contributed by atoms with van der Waals surface area (Å²) in [7, 11) is 0. The third kappa shape index (κ3) is 3.20. The molecule has 0 spiro atoms. The lowest BCUT2D eigenvalue weighted by molar-refractivity contribution is -0.118. The van der Waals surface area contributed by atoms with Gasteiger partial charge in [0, 0.05) is 22.7 Å². The molecule has 1 saturated carbocycles. The third-order valence-electron chi connectivity index (χ3n) is 4.72. The number of H-pyrrole nitrogens is 1. The topological polar surface area (TPSA) is 109 Å². The van der Waals surface area contributed by atoms with E-state index in [0.29, 0.717) is 34.4 Å². The number of rotatable bonds is 4. The standard InChI is InChI=1S/C20H17N5O3/c26-17-10-28-16-9-13(6-7-15(16)22-17)20(27)21-14-3-1-2-12(8-14)19-23-18(24-25-19)11-4-5-11/h1-3,6-9,11H,4-5,10H2,(H,21,27)(H,22,26)(H,23,24,25). The maximum absolute atomic E-state index is 12.6. The van der Waals surface area contributed by atoms with Gasteiger partial charge in [0.15, 0.2) is 12.4 Å². The second-order valence-corrected chi connectivity index (χ2v) is 6.90. The Balaban J connectivity index is 1.34. The monoisotopic (exact) mass is 375 g/mol. The number of hydrogen-bond acceptors (Lipinski definition) is 5. The molecular formula is C20H17N5O3. The highest BCUT2D eigenvalue weighted by molar-refractivity contribution is 6.05. The van der Waals surface area contributed by atoms with Gasteiger partial charge in [0.2, 0.25) is 0 Å². The Morgan fingerprint density at radius 3 is 2.93 bits per heavy atom. The number of ether oxygens (including phenoxy) is 1. The number of benzene rings is 2. The van der Waals surface area contributed by atoms with Crippen LogP contribution in [0.15, 0.2) is 42.5 Å². The summed E-state index contributed by atoms with van der Waals surface area (Å²) >= 11 is 0. The molecule has 3 N–H and O–H groups in total. The van der Waals surface area contributed by atoms with E-state index in [4.69, 9.17) is 4.74 Å². The number of fused-ring (bicyclic) bond motifs is 1. The van der Waals surface area contributed by atoms with Gasteiger partial charge in [-0.15, -0.1) is 0 Å². The molecule has 1 fully saturated rings. The van der Waals surface area contributed by atoms with E-state index >= 15 is 0 Å². The molecule has 8 nitrogen and oxygen atoms in total. The molecule has 3 aromatic rings. The van der Waals surface area contributed by atoms with Gasteiger partial charge >= 0.3 is 0 Å². The van der Waals surface area contributed by atoms with Crippen LogP contribution in [-0.4, -0.2) is 33.6 Å². The summed E-state index contributed by atoms with van der Waals surface area (Å²) in [6.07, 6.45) is 2.30. The summed E-state index contributed by atoms with van der Waals surface area (Å²) in [6, 6.07) is 12.3. The molecule has 0 saturated heterocycles. The molecule has 1 aliphatic heterocycles. The second-order valence-electron chi connectivity index (χ2n) is 6.90. The first kappa shape index (κ1) is 16.5. The molecule has 1 aromatic heterocycles. The Labute approximate surface area is 160 Å². The third-order valence-corrected chi connectivity index (χ3v) is 4.72. The lowest BCUT2D eigenvalue weighted by Crippen LogP contribution is -2.25. The van der Waals surface area contributed by atoms with Crippen molar-refractivity contribution in [3.63, 3.8) is 0 Å². The molecule has 5 rings (SSSR count). The Kier molecular flexibility index (Phi) is 3.82. The van der Waals surface area contributed by atoms with Gasteiger partial charge in [-0.3, -0.25) is 14.7 Å². The van der Waals surface area contributed by atoms with Gasteiger partial charge in [0.25, 0.3) is 11.8 Å². The zero-order valence-electron chi connectivity index (χ0n) is 14.9. The molecule has 0 atom stereocenters. The van der Waals surface area contributed by atoms with Crippen molar-refractivity contribution in [1.82, 2.24) is 15.2 Å². The number of carbonyl (C=O) groups is 2. The number of nitrogens with zero attached hydrogens (tertiary/aromatic N) is 2. The zero-order chi connectivity index (χ0) is 19.1. The van der Waals surface area contributed by atoms with Crippen LogP contribution in [0.25, 0.3) is 11.4 Å². The van der Waals surface area contributed by atoms with Gasteiger partial charge in [0.1, 0.15) is 11.6 Å². The number of amides is 2. The first-order chi connectivity index (χ1) is 13.7. The number of aromatic amines is 1. The van der Waals surface area contributed by atoms with Crippen molar-refractivity contribution in [3.8, 4) is 17.1 Å². The summed E-state index contributed by atoms with van der Waals surface area (Å²) in [5.41, 5.74) is 2.48. The molecule has 0 unspecified atom stereocenters. The first-order valence-corrected chi connectivity index (χ1v) is 9.06. The van der Waals surface area contributed by atoms with Gasteiger partial charge in [-0.25, -0.2) is 4.98 Å². The van der Waals surface area contributed by atoms with Crippen molar-refractivity contribution in [2.75, 3.05) is 17.2 Å². The van der Waals surface area contributed by atoms with Gasteiger partial charge in [-0.05, 0) is 43.2 Å². The van der Waals surface area contributed by atoms with Crippen LogP contribution in [0.3, 0.4) is 0 Å². The number of aromatic nitrogens is 3. The maximum Gasteiger partial charge on any atom is 0.262 e. The summed E-state index contributed by atoms with van der Waals surface area (Å²) in [6.45, 7) is -0.0559. The Morgan fingerprint density at radius 2 is 2.07 bits per heavy atom. The lowest BCUT2D eigenvalue weighted by atomic mass is 10.1. The van der Waals surface area contributed by atoms with E-state index in [0.717, 1.165) is 24.2 Å². The number of carbonyl (C=O) groups excluding carboxylic acids is 2. The predicted octanol–water partition coefficient (Wildman–Crippen LogP) is 2.93. The molecular weight excluding hydrogens is 358 g/mol. The van der Waals surface area contributed by atoms with Crippen LogP contribution in [0.2, 0.25) is 0 Å². The number of anilines is 2. The van der Waals surface area contributed by atoms with Gasteiger partial charge in [-0.1, -0.05) is 12.1 Å². The van der Waals surface area contributed by atoms with Crippen molar-refractivity contribution in [1.29, 1.82) is 0 Å². The van der Waals surface area contributed by atoms with E-state index in [-0.39, 0.29) is 18.4 Å². The fourth-order valence-corrected chi connectivity index (χ4v) is 3.10. The van der Waals surface area contributed by atoms with Crippen molar-refractivity contribution >= 4 is 23.2 Å².